The highest BCUT2D eigenvalue weighted by Crippen LogP contribution is 2.34. The van der Waals surface area contributed by atoms with Crippen molar-refractivity contribution in [2.45, 2.75) is 52.9 Å². The normalized spacial score (nSPS) is 10.5. The van der Waals surface area contributed by atoms with Gasteiger partial charge in [-0.25, -0.2) is 4.79 Å². The predicted octanol–water partition coefficient (Wildman–Crippen LogP) is 3.67. The van der Waals surface area contributed by atoms with Crippen LogP contribution < -0.4 is 9.47 Å². The van der Waals surface area contributed by atoms with Crippen LogP contribution in [0, 0.1) is 6.92 Å². The molecule has 24 heavy (non-hydrogen) atoms. The quantitative estimate of drug-likeness (QED) is 0.492. The molecule has 0 radical (unpaired) electrons. The van der Waals surface area contributed by atoms with Crippen molar-refractivity contribution in [1.29, 1.82) is 0 Å². The number of ether oxygens (including phenoxy) is 3. The van der Waals surface area contributed by atoms with Crippen LogP contribution >= 0.6 is 0 Å². The minimum atomic E-state index is -0.451. The molecule has 0 fully saturated rings. The second-order valence-electron chi connectivity index (χ2n) is 5.72. The number of carbonyl (C=O) groups excluding carboxylic acids is 1. The molecule has 0 aromatic heterocycles. The van der Waals surface area contributed by atoms with E-state index in [1.54, 1.807) is 6.07 Å². The summed E-state index contributed by atoms with van der Waals surface area (Å²) in [5.74, 6) is 0.718. The number of unbranched alkanes of at least 4 members (excludes halogenated alkanes) is 2. The van der Waals surface area contributed by atoms with Gasteiger partial charge in [-0.05, 0) is 37.3 Å². The van der Waals surface area contributed by atoms with Gasteiger partial charge in [-0.3, -0.25) is 0 Å². The van der Waals surface area contributed by atoms with Gasteiger partial charge in [0.1, 0.15) is 17.1 Å². The number of aliphatic hydroxyl groups excluding tert-OH is 1. The number of rotatable bonds is 11. The molecular weight excluding hydrogens is 308 g/mol. The van der Waals surface area contributed by atoms with Crippen molar-refractivity contribution in [2.24, 2.45) is 0 Å². The Morgan fingerprint density at radius 2 is 1.67 bits per heavy atom. The van der Waals surface area contributed by atoms with Crippen LogP contribution in [0.1, 0.15) is 61.0 Å². The molecular formula is C19H30O5. The molecule has 0 unspecified atom stereocenters. The lowest BCUT2D eigenvalue weighted by molar-refractivity contribution is 0.0594. The third-order valence-electron chi connectivity index (χ3n) is 3.89. The molecule has 5 heteroatoms. The van der Waals surface area contributed by atoms with Crippen molar-refractivity contribution >= 4 is 5.97 Å². The largest absolute Gasteiger partial charge is 0.493 e. The lowest BCUT2D eigenvalue weighted by atomic mass is 9.97. The van der Waals surface area contributed by atoms with Gasteiger partial charge in [0.15, 0.2) is 0 Å². The van der Waals surface area contributed by atoms with Gasteiger partial charge in [0.2, 0.25) is 0 Å². The molecule has 0 atom stereocenters. The highest BCUT2D eigenvalue weighted by molar-refractivity contribution is 5.95. The Morgan fingerprint density at radius 1 is 1.08 bits per heavy atom. The van der Waals surface area contributed by atoms with Gasteiger partial charge in [0.25, 0.3) is 0 Å². The van der Waals surface area contributed by atoms with Crippen LogP contribution in [0.25, 0.3) is 0 Å². The molecule has 1 aromatic rings. The van der Waals surface area contributed by atoms with Crippen molar-refractivity contribution in [3.63, 3.8) is 0 Å². The minimum Gasteiger partial charge on any atom is -0.493 e. The SMILES string of the molecule is CCCCOc1cc(OCCCC)c(C(=O)OC)c(CCO)c1C. The average Bonchev–Trinajstić information content (AvgIpc) is 2.58. The molecule has 0 bridgehead atoms. The Bertz CT molecular complexity index is 525. The van der Waals surface area contributed by atoms with Gasteiger partial charge in [-0.2, -0.15) is 0 Å². The van der Waals surface area contributed by atoms with E-state index >= 15 is 0 Å². The Balaban J connectivity index is 3.29. The van der Waals surface area contributed by atoms with Gasteiger partial charge >= 0.3 is 5.97 Å². The maximum absolute atomic E-state index is 12.3. The van der Waals surface area contributed by atoms with E-state index in [1.807, 2.05) is 6.92 Å². The molecule has 1 rings (SSSR count). The summed E-state index contributed by atoms with van der Waals surface area (Å²) in [7, 11) is 1.35. The lowest BCUT2D eigenvalue weighted by Gasteiger charge is -2.19. The standard InChI is InChI=1S/C19H30O5/c1-5-7-11-23-16-13-17(24-12-8-6-2)18(19(21)22-4)15(9-10-20)14(16)3/h13,20H,5-12H2,1-4H3. The zero-order valence-electron chi connectivity index (χ0n) is 15.3. The Kier molecular flexibility index (Phi) is 9.23. The van der Waals surface area contributed by atoms with Gasteiger partial charge in [0, 0.05) is 12.7 Å². The molecule has 0 aliphatic rings. The molecule has 5 nitrogen and oxygen atoms in total. The van der Waals surface area contributed by atoms with E-state index in [2.05, 4.69) is 13.8 Å². The van der Waals surface area contributed by atoms with Gasteiger partial charge < -0.3 is 19.3 Å². The lowest BCUT2D eigenvalue weighted by Crippen LogP contribution is -2.14. The molecule has 136 valence electrons. The fourth-order valence-electron chi connectivity index (χ4n) is 2.45. The third-order valence-corrected chi connectivity index (χ3v) is 3.89. The molecule has 0 saturated heterocycles. The van der Waals surface area contributed by atoms with E-state index < -0.39 is 5.97 Å². The average molecular weight is 338 g/mol. The van der Waals surface area contributed by atoms with Crippen molar-refractivity contribution in [3.8, 4) is 11.5 Å². The van der Waals surface area contributed by atoms with Crippen LogP contribution in [-0.2, 0) is 11.2 Å². The molecule has 0 aliphatic carbocycles. The first-order valence-electron chi connectivity index (χ1n) is 8.71. The highest BCUT2D eigenvalue weighted by Gasteiger charge is 2.23. The first-order chi connectivity index (χ1) is 11.6. The molecule has 1 N–H and O–H groups in total. The zero-order chi connectivity index (χ0) is 17.9. The molecule has 0 aliphatic heterocycles. The van der Waals surface area contributed by atoms with E-state index in [0.717, 1.165) is 36.8 Å². The van der Waals surface area contributed by atoms with Crippen molar-refractivity contribution in [2.75, 3.05) is 26.9 Å². The highest BCUT2D eigenvalue weighted by atomic mass is 16.5. The van der Waals surface area contributed by atoms with Crippen LogP contribution in [0.5, 0.6) is 11.5 Å². The summed E-state index contributed by atoms with van der Waals surface area (Å²) < 4.78 is 16.6. The van der Waals surface area contributed by atoms with E-state index in [0.29, 0.717) is 36.7 Å². The maximum Gasteiger partial charge on any atom is 0.341 e. The van der Waals surface area contributed by atoms with Gasteiger partial charge in [-0.15, -0.1) is 0 Å². The van der Waals surface area contributed by atoms with Crippen LogP contribution in [0.4, 0.5) is 0 Å². The molecule has 0 heterocycles. The van der Waals surface area contributed by atoms with Gasteiger partial charge in [0.05, 0.1) is 20.3 Å². The Morgan fingerprint density at radius 3 is 2.17 bits per heavy atom. The molecule has 0 amide bonds. The summed E-state index contributed by atoms with van der Waals surface area (Å²) in [5, 5.41) is 9.40. The topological polar surface area (TPSA) is 65.0 Å². The van der Waals surface area contributed by atoms with Crippen molar-refractivity contribution in [1.82, 2.24) is 0 Å². The smallest absolute Gasteiger partial charge is 0.341 e. The van der Waals surface area contributed by atoms with E-state index in [4.69, 9.17) is 14.2 Å². The van der Waals surface area contributed by atoms with Crippen LogP contribution in [-0.4, -0.2) is 38.0 Å². The number of methoxy groups -OCH3 is 1. The summed E-state index contributed by atoms with van der Waals surface area (Å²) in [4.78, 5) is 12.3. The molecule has 1 aromatic carbocycles. The summed E-state index contributed by atoms with van der Waals surface area (Å²) >= 11 is 0. The number of aliphatic hydroxyl groups is 1. The number of hydrogen-bond acceptors (Lipinski definition) is 5. The van der Waals surface area contributed by atoms with Crippen molar-refractivity contribution < 1.29 is 24.1 Å². The number of carbonyl (C=O) groups is 1. The maximum atomic E-state index is 12.3. The van der Waals surface area contributed by atoms with Crippen LogP contribution in [0.15, 0.2) is 6.07 Å². The number of esters is 1. The number of hydrogen-bond donors (Lipinski definition) is 1. The predicted molar refractivity (Wildman–Crippen MR) is 94.1 cm³/mol. The molecule has 0 spiro atoms. The summed E-state index contributed by atoms with van der Waals surface area (Å²) in [5.41, 5.74) is 1.97. The fourth-order valence-corrected chi connectivity index (χ4v) is 2.45. The summed E-state index contributed by atoms with van der Waals surface area (Å²) in [6.07, 6.45) is 4.26. The second-order valence-corrected chi connectivity index (χ2v) is 5.72. The fraction of sp³-hybridized carbons (Fsp3) is 0.632. The Labute approximate surface area is 144 Å². The second kappa shape index (κ2) is 10.9. The van der Waals surface area contributed by atoms with E-state index in [-0.39, 0.29) is 6.61 Å². The van der Waals surface area contributed by atoms with Gasteiger partial charge in [-0.1, -0.05) is 26.7 Å². The third kappa shape index (κ3) is 5.41. The molecule has 0 saturated carbocycles. The van der Waals surface area contributed by atoms with Crippen molar-refractivity contribution in [3.05, 3.63) is 22.8 Å². The van der Waals surface area contributed by atoms with Crippen LogP contribution in [0.2, 0.25) is 0 Å². The zero-order valence-corrected chi connectivity index (χ0v) is 15.3. The summed E-state index contributed by atoms with van der Waals surface area (Å²) in [6.45, 7) is 7.16. The van der Waals surface area contributed by atoms with E-state index in [1.165, 1.54) is 7.11 Å². The first kappa shape index (κ1) is 20.3. The van der Waals surface area contributed by atoms with Crippen LogP contribution in [0.3, 0.4) is 0 Å². The Hall–Kier alpha value is -1.75. The monoisotopic (exact) mass is 338 g/mol. The first-order valence-corrected chi connectivity index (χ1v) is 8.71. The number of benzene rings is 1. The minimum absolute atomic E-state index is 0.0579. The summed E-state index contributed by atoms with van der Waals surface area (Å²) in [6, 6.07) is 1.77. The van der Waals surface area contributed by atoms with E-state index in [9.17, 15) is 9.90 Å².